The van der Waals surface area contributed by atoms with Gasteiger partial charge in [-0.3, -0.25) is 19.8 Å². The van der Waals surface area contributed by atoms with Gasteiger partial charge in [-0.1, -0.05) is 0 Å². The topological polar surface area (TPSA) is 97.4 Å². The molecule has 1 aliphatic rings. The normalized spacial score (nSPS) is 15.8. The molecule has 0 radical (unpaired) electrons. The summed E-state index contributed by atoms with van der Waals surface area (Å²) >= 11 is 0. The average molecular weight is 404 g/mol. The van der Waals surface area contributed by atoms with Crippen LogP contribution in [0.25, 0.3) is 11.9 Å². The molecule has 4 rings (SSSR count). The molecule has 0 bridgehead atoms. The largest absolute Gasteiger partial charge is 0.467 e. The van der Waals surface area contributed by atoms with Crippen LogP contribution in [0.3, 0.4) is 0 Å². The van der Waals surface area contributed by atoms with Crippen LogP contribution < -0.4 is 5.32 Å². The van der Waals surface area contributed by atoms with E-state index in [1.165, 1.54) is 12.3 Å². The molecule has 4 amide bonds. The van der Waals surface area contributed by atoms with Crippen molar-refractivity contribution in [2.24, 2.45) is 0 Å². The third-order valence-electron chi connectivity index (χ3n) is 4.98. The van der Waals surface area contributed by atoms with E-state index in [2.05, 4.69) is 10.3 Å². The quantitative estimate of drug-likeness (QED) is 0.532. The highest BCUT2D eigenvalue weighted by molar-refractivity contribution is 6.31. The molecule has 1 fully saturated rings. The van der Waals surface area contributed by atoms with Gasteiger partial charge in [0.05, 0.1) is 12.8 Å². The van der Waals surface area contributed by atoms with Crippen LogP contribution >= 0.6 is 0 Å². The Morgan fingerprint density at radius 1 is 1.13 bits per heavy atom. The van der Waals surface area contributed by atoms with Crippen molar-refractivity contribution in [1.29, 1.82) is 0 Å². The SMILES string of the molecule is Cc1ccnc(-n2c(C)cc(/C=C3\C(=O)NC(=O)N(Cc4ccco4)C3=O)c2C)c1. The van der Waals surface area contributed by atoms with Gasteiger partial charge in [-0.25, -0.2) is 9.78 Å². The number of amides is 4. The van der Waals surface area contributed by atoms with E-state index in [0.29, 0.717) is 11.3 Å². The number of rotatable bonds is 4. The number of imide groups is 2. The number of hydrogen-bond acceptors (Lipinski definition) is 5. The number of carbonyl (C=O) groups excluding carboxylic acids is 3. The van der Waals surface area contributed by atoms with Crippen molar-refractivity contribution in [2.45, 2.75) is 27.3 Å². The first-order valence-corrected chi connectivity index (χ1v) is 9.38. The van der Waals surface area contributed by atoms with E-state index in [0.717, 1.165) is 27.7 Å². The number of carbonyl (C=O) groups is 3. The van der Waals surface area contributed by atoms with Crippen LogP contribution in [0.5, 0.6) is 0 Å². The summed E-state index contributed by atoms with van der Waals surface area (Å²) in [4.78, 5) is 42.8. The van der Waals surface area contributed by atoms with Gasteiger partial charge in [0.1, 0.15) is 17.2 Å². The lowest BCUT2D eigenvalue weighted by Gasteiger charge is -2.25. The minimum Gasteiger partial charge on any atom is -0.467 e. The second kappa shape index (κ2) is 7.47. The Balaban J connectivity index is 1.71. The van der Waals surface area contributed by atoms with Crippen LogP contribution in [0.1, 0.15) is 28.3 Å². The number of nitrogens with zero attached hydrogens (tertiary/aromatic N) is 3. The average Bonchev–Trinajstić information content (AvgIpc) is 3.30. The summed E-state index contributed by atoms with van der Waals surface area (Å²) in [5.74, 6) is -0.197. The van der Waals surface area contributed by atoms with E-state index in [1.807, 2.05) is 43.5 Å². The first-order valence-electron chi connectivity index (χ1n) is 9.38. The Hall–Kier alpha value is -3.94. The maximum absolute atomic E-state index is 12.9. The molecule has 4 heterocycles. The van der Waals surface area contributed by atoms with E-state index in [1.54, 1.807) is 18.3 Å². The molecule has 0 atom stereocenters. The van der Waals surface area contributed by atoms with Gasteiger partial charge in [0, 0.05) is 17.6 Å². The van der Waals surface area contributed by atoms with Gasteiger partial charge in [0.25, 0.3) is 11.8 Å². The van der Waals surface area contributed by atoms with E-state index in [-0.39, 0.29) is 12.1 Å². The molecule has 1 N–H and O–H groups in total. The molecular formula is C22H20N4O4. The van der Waals surface area contributed by atoms with Gasteiger partial charge in [0.15, 0.2) is 0 Å². The van der Waals surface area contributed by atoms with Crippen LogP contribution in [0.15, 0.2) is 52.8 Å². The summed E-state index contributed by atoms with van der Waals surface area (Å²) < 4.78 is 7.18. The summed E-state index contributed by atoms with van der Waals surface area (Å²) in [6.07, 6.45) is 4.70. The molecule has 8 nitrogen and oxygen atoms in total. The number of barbiturate groups is 1. The Bertz CT molecular complexity index is 1190. The van der Waals surface area contributed by atoms with Gasteiger partial charge in [-0.15, -0.1) is 0 Å². The highest BCUT2D eigenvalue weighted by Crippen LogP contribution is 2.24. The number of furan rings is 1. The molecule has 0 aliphatic carbocycles. The fraction of sp³-hybridized carbons (Fsp3) is 0.182. The lowest BCUT2D eigenvalue weighted by Crippen LogP contribution is -2.53. The van der Waals surface area contributed by atoms with E-state index >= 15 is 0 Å². The molecule has 1 aliphatic heterocycles. The van der Waals surface area contributed by atoms with Crippen molar-refractivity contribution in [3.8, 4) is 5.82 Å². The second-order valence-electron chi connectivity index (χ2n) is 7.14. The standard InChI is InChI=1S/C22H20N4O4/c1-13-6-7-23-19(9-13)26-14(2)10-16(15(26)3)11-18-20(27)24-22(29)25(21(18)28)12-17-5-4-8-30-17/h4-11H,12H2,1-3H3,(H,24,27,29)/b18-11+. The lowest BCUT2D eigenvalue weighted by atomic mass is 10.1. The number of aryl methyl sites for hydroxylation is 2. The zero-order valence-corrected chi connectivity index (χ0v) is 16.8. The summed E-state index contributed by atoms with van der Waals surface area (Å²) in [5.41, 5.74) is 3.39. The number of aromatic nitrogens is 2. The number of hydrogen-bond donors (Lipinski definition) is 1. The minimum absolute atomic E-state index is 0.0610. The summed E-state index contributed by atoms with van der Waals surface area (Å²) in [7, 11) is 0. The smallest absolute Gasteiger partial charge is 0.331 e. The van der Waals surface area contributed by atoms with Crippen LogP contribution in [-0.2, 0) is 16.1 Å². The van der Waals surface area contributed by atoms with Crippen LogP contribution in [0.2, 0.25) is 0 Å². The van der Waals surface area contributed by atoms with Gasteiger partial charge < -0.3 is 8.98 Å². The zero-order chi connectivity index (χ0) is 21.4. The van der Waals surface area contributed by atoms with E-state index < -0.39 is 17.8 Å². The molecular weight excluding hydrogens is 384 g/mol. The Morgan fingerprint density at radius 3 is 2.63 bits per heavy atom. The first-order chi connectivity index (χ1) is 14.3. The molecule has 3 aromatic rings. The van der Waals surface area contributed by atoms with Crippen molar-refractivity contribution in [3.05, 3.63) is 76.6 Å². The van der Waals surface area contributed by atoms with Gasteiger partial charge in [-0.2, -0.15) is 0 Å². The highest BCUT2D eigenvalue weighted by Gasteiger charge is 2.36. The Morgan fingerprint density at radius 2 is 1.93 bits per heavy atom. The molecule has 0 aromatic carbocycles. The van der Waals surface area contributed by atoms with Crippen molar-refractivity contribution < 1.29 is 18.8 Å². The van der Waals surface area contributed by atoms with Crippen LogP contribution in [0, 0.1) is 20.8 Å². The number of nitrogens with one attached hydrogen (secondary N) is 1. The lowest BCUT2D eigenvalue weighted by molar-refractivity contribution is -0.130. The second-order valence-corrected chi connectivity index (χ2v) is 7.14. The van der Waals surface area contributed by atoms with Crippen molar-refractivity contribution in [2.75, 3.05) is 0 Å². The molecule has 0 spiro atoms. The van der Waals surface area contributed by atoms with Crippen molar-refractivity contribution >= 4 is 23.9 Å². The molecule has 30 heavy (non-hydrogen) atoms. The third kappa shape index (κ3) is 3.43. The monoisotopic (exact) mass is 404 g/mol. The van der Waals surface area contributed by atoms with E-state index in [4.69, 9.17) is 4.42 Å². The van der Waals surface area contributed by atoms with E-state index in [9.17, 15) is 14.4 Å². The fourth-order valence-electron chi connectivity index (χ4n) is 3.48. The van der Waals surface area contributed by atoms with Crippen molar-refractivity contribution in [1.82, 2.24) is 19.8 Å². The minimum atomic E-state index is -0.770. The Labute approximate surface area is 172 Å². The van der Waals surface area contributed by atoms with Crippen LogP contribution in [0.4, 0.5) is 4.79 Å². The third-order valence-corrected chi connectivity index (χ3v) is 4.98. The summed E-state index contributed by atoms with van der Waals surface area (Å²) in [6.45, 7) is 5.74. The fourth-order valence-corrected chi connectivity index (χ4v) is 3.48. The molecule has 8 heteroatoms. The van der Waals surface area contributed by atoms with Gasteiger partial charge >= 0.3 is 6.03 Å². The molecule has 0 unspecified atom stereocenters. The molecule has 3 aromatic heterocycles. The predicted molar refractivity (Wildman–Crippen MR) is 109 cm³/mol. The first kappa shape index (κ1) is 19.4. The highest BCUT2D eigenvalue weighted by atomic mass is 16.3. The zero-order valence-electron chi connectivity index (χ0n) is 16.8. The Kier molecular flexibility index (Phi) is 4.83. The molecule has 1 saturated heterocycles. The maximum atomic E-state index is 12.9. The summed E-state index contributed by atoms with van der Waals surface area (Å²) in [5, 5.41) is 2.22. The number of urea groups is 1. The van der Waals surface area contributed by atoms with Gasteiger partial charge in [0.2, 0.25) is 0 Å². The molecule has 0 saturated carbocycles. The van der Waals surface area contributed by atoms with Crippen molar-refractivity contribution in [3.63, 3.8) is 0 Å². The predicted octanol–water partition coefficient (Wildman–Crippen LogP) is 3.05. The molecule has 152 valence electrons. The van der Waals surface area contributed by atoms with Gasteiger partial charge in [-0.05, 0) is 68.3 Å². The summed E-state index contributed by atoms with van der Waals surface area (Å²) in [6, 6.07) is 8.30. The maximum Gasteiger partial charge on any atom is 0.331 e. The van der Waals surface area contributed by atoms with Crippen LogP contribution in [-0.4, -0.2) is 32.3 Å². The number of pyridine rings is 1.